The van der Waals surface area contributed by atoms with Crippen LogP contribution in [-0.4, -0.2) is 17.0 Å². The van der Waals surface area contributed by atoms with E-state index in [4.69, 9.17) is 0 Å². The molecule has 0 unspecified atom stereocenters. The second-order valence-electron chi connectivity index (χ2n) is 8.38. The number of benzene rings is 3. The highest BCUT2D eigenvalue weighted by Crippen LogP contribution is 2.35. The third-order valence-electron chi connectivity index (χ3n) is 5.87. The number of nitrogens with one attached hydrogen (secondary N) is 1. The average molecular weight is 429 g/mol. The molecule has 4 heteroatoms. The van der Waals surface area contributed by atoms with E-state index in [2.05, 4.69) is 66.3 Å². The number of hydrogen-bond acceptors (Lipinski definition) is 1. The zero-order valence-corrected chi connectivity index (χ0v) is 18.6. The SMILES string of the molecule is CCCNC(=O)C[C@@H](c1cccc(C)c1)c1cn(Cc2ccc(F)cc2)c2ccccc12. The number of halogens is 1. The molecule has 1 amide bonds. The molecule has 1 atom stereocenters. The molecule has 0 aliphatic heterocycles. The monoisotopic (exact) mass is 428 g/mol. The van der Waals surface area contributed by atoms with E-state index in [1.807, 2.05) is 24.3 Å². The van der Waals surface area contributed by atoms with E-state index < -0.39 is 0 Å². The molecule has 4 rings (SSSR count). The number of amides is 1. The number of para-hydroxylation sites is 1. The molecule has 0 fully saturated rings. The molecule has 4 aromatic rings. The largest absolute Gasteiger partial charge is 0.356 e. The van der Waals surface area contributed by atoms with Crippen LogP contribution in [0.3, 0.4) is 0 Å². The van der Waals surface area contributed by atoms with E-state index in [-0.39, 0.29) is 17.6 Å². The minimum absolute atomic E-state index is 0.0499. The van der Waals surface area contributed by atoms with Gasteiger partial charge in [0.15, 0.2) is 0 Å². The first-order valence-corrected chi connectivity index (χ1v) is 11.2. The van der Waals surface area contributed by atoms with Gasteiger partial charge in [-0.3, -0.25) is 4.79 Å². The van der Waals surface area contributed by atoms with Crippen LogP contribution in [0.4, 0.5) is 4.39 Å². The third kappa shape index (κ3) is 4.91. The Balaban J connectivity index is 1.77. The topological polar surface area (TPSA) is 34.0 Å². The van der Waals surface area contributed by atoms with Crippen LogP contribution < -0.4 is 5.32 Å². The molecule has 0 radical (unpaired) electrons. The first-order chi connectivity index (χ1) is 15.5. The molecule has 1 aromatic heterocycles. The van der Waals surface area contributed by atoms with E-state index in [1.165, 1.54) is 17.7 Å². The molecule has 3 aromatic carbocycles. The van der Waals surface area contributed by atoms with Crippen molar-refractivity contribution >= 4 is 16.8 Å². The Labute approximate surface area is 188 Å². The van der Waals surface area contributed by atoms with Crippen molar-refractivity contribution in [2.24, 2.45) is 0 Å². The number of fused-ring (bicyclic) bond motifs is 1. The highest BCUT2D eigenvalue weighted by molar-refractivity contribution is 5.86. The molecule has 0 aliphatic carbocycles. The van der Waals surface area contributed by atoms with Crippen molar-refractivity contribution in [2.45, 2.75) is 39.2 Å². The molecule has 0 saturated heterocycles. The molecule has 0 spiro atoms. The van der Waals surface area contributed by atoms with Crippen LogP contribution in [0.15, 0.2) is 79.0 Å². The Hall–Kier alpha value is -3.40. The van der Waals surface area contributed by atoms with Crippen LogP contribution in [0.25, 0.3) is 10.9 Å². The quantitative estimate of drug-likeness (QED) is 0.357. The second-order valence-corrected chi connectivity index (χ2v) is 8.38. The van der Waals surface area contributed by atoms with Gasteiger partial charge < -0.3 is 9.88 Å². The highest BCUT2D eigenvalue weighted by Gasteiger charge is 2.23. The second kappa shape index (κ2) is 9.82. The molecular formula is C28H29FN2O. The lowest BCUT2D eigenvalue weighted by atomic mass is 9.87. The molecule has 0 bridgehead atoms. The van der Waals surface area contributed by atoms with E-state index in [0.717, 1.165) is 34.0 Å². The summed E-state index contributed by atoms with van der Waals surface area (Å²) in [6.45, 7) is 5.46. The summed E-state index contributed by atoms with van der Waals surface area (Å²) < 4.78 is 15.6. The van der Waals surface area contributed by atoms with Gasteiger partial charge in [0.2, 0.25) is 5.91 Å². The van der Waals surface area contributed by atoms with Crippen LogP contribution in [0.5, 0.6) is 0 Å². The predicted molar refractivity (Wildman–Crippen MR) is 128 cm³/mol. The van der Waals surface area contributed by atoms with Gasteiger partial charge in [-0.1, -0.05) is 67.1 Å². The Bertz CT molecular complexity index is 1210. The molecular weight excluding hydrogens is 399 g/mol. The Morgan fingerprint density at radius 1 is 1.03 bits per heavy atom. The maximum Gasteiger partial charge on any atom is 0.220 e. The normalized spacial score (nSPS) is 12.1. The number of carbonyl (C=O) groups excluding carboxylic acids is 1. The van der Waals surface area contributed by atoms with Crippen LogP contribution >= 0.6 is 0 Å². The standard InChI is InChI=1S/C28H29FN2O/c1-3-15-30-28(32)17-25(22-8-6-7-20(2)16-22)26-19-31(27-10-5-4-9-24(26)27)18-21-11-13-23(29)14-12-21/h4-14,16,19,25H,3,15,17-18H2,1-2H3,(H,30,32)/t25-/m0/s1. The zero-order valence-electron chi connectivity index (χ0n) is 18.6. The molecule has 1 N–H and O–H groups in total. The minimum atomic E-state index is -0.232. The van der Waals surface area contributed by atoms with E-state index >= 15 is 0 Å². The number of rotatable bonds is 8. The summed E-state index contributed by atoms with van der Waals surface area (Å²) in [7, 11) is 0. The predicted octanol–water partition coefficient (Wildman–Crippen LogP) is 6.19. The Kier molecular flexibility index (Phi) is 6.69. The van der Waals surface area contributed by atoms with Gasteiger partial charge in [-0.2, -0.15) is 0 Å². The first kappa shape index (κ1) is 21.8. The van der Waals surface area contributed by atoms with Crippen LogP contribution in [0.1, 0.15) is 47.9 Å². The van der Waals surface area contributed by atoms with Crippen molar-refractivity contribution in [1.82, 2.24) is 9.88 Å². The molecule has 32 heavy (non-hydrogen) atoms. The smallest absolute Gasteiger partial charge is 0.220 e. The number of nitrogens with zero attached hydrogens (tertiary/aromatic N) is 1. The zero-order chi connectivity index (χ0) is 22.5. The summed E-state index contributed by atoms with van der Waals surface area (Å²) in [5.74, 6) is -0.218. The van der Waals surface area contributed by atoms with Gasteiger partial charge in [0, 0.05) is 42.5 Å². The van der Waals surface area contributed by atoms with Gasteiger partial charge in [0.1, 0.15) is 5.82 Å². The van der Waals surface area contributed by atoms with E-state index in [1.54, 1.807) is 0 Å². The van der Waals surface area contributed by atoms with E-state index in [9.17, 15) is 9.18 Å². The van der Waals surface area contributed by atoms with Crippen LogP contribution in [0.2, 0.25) is 0 Å². The average Bonchev–Trinajstić information content (AvgIpc) is 3.16. The summed E-state index contributed by atoms with van der Waals surface area (Å²) in [6.07, 6.45) is 3.47. The van der Waals surface area contributed by atoms with Crippen molar-refractivity contribution in [2.75, 3.05) is 6.54 Å². The van der Waals surface area contributed by atoms with Gasteiger partial charge in [0.25, 0.3) is 0 Å². The number of aryl methyl sites for hydroxylation is 1. The number of hydrogen-bond donors (Lipinski definition) is 1. The lowest BCUT2D eigenvalue weighted by Crippen LogP contribution is -2.26. The minimum Gasteiger partial charge on any atom is -0.356 e. The first-order valence-electron chi connectivity index (χ1n) is 11.2. The van der Waals surface area contributed by atoms with Crippen molar-refractivity contribution < 1.29 is 9.18 Å². The fraction of sp³-hybridized carbons (Fsp3) is 0.250. The summed E-state index contributed by atoms with van der Waals surface area (Å²) in [4.78, 5) is 12.8. The van der Waals surface area contributed by atoms with E-state index in [0.29, 0.717) is 19.5 Å². The van der Waals surface area contributed by atoms with Gasteiger partial charge >= 0.3 is 0 Å². The van der Waals surface area contributed by atoms with Gasteiger partial charge in [-0.05, 0) is 48.2 Å². The third-order valence-corrected chi connectivity index (χ3v) is 5.87. The lowest BCUT2D eigenvalue weighted by Gasteiger charge is -2.18. The highest BCUT2D eigenvalue weighted by atomic mass is 19.1. The van der Waals surface area contributed by atoms with Crippen LogP contribution in [0, 0.1) is 12.7 Å². The van der Waals surface area contributed by atoms with Gasteiger partial charge in [0.05, 0.1) is 0 Å². The summed E-state index contributed by atoms with van der Waals surface area (Å²) in [6, 6.07) is 23.3. The summed E-state index contributed by atoms with van der Waals surface area (Å²) in [5, 5.41) is 4.18. The van der Waals surface area contributed by atoms with Crippen LogP contribution in [-0.2, 0) is 11.3 Å². The van der Waals surface area contributed by atoms with Gasteiger partial charge in [-0.15, -0.1) is 0 Å². The van der Waals surface area contributed by atoms with Gasteiger partial charge in [-0.25, -0.2) is 4.39 Å². The van der Waals surface area contributed by atoms with Crippen molar-refractivity contribution in [3.63, 3.8) is 0 Å². The fourth-order valence-corrected chi connectivity index (χ4v) is 4.29. The lowest BCUT2D eigenvalue weighted by molar-refractivity contribution is -0.121. The molecule has 0 saturated carbocycles. The molecule has 1 heterocycles. The molecule has 3 nitrogen and oxygen atoms in total. The fourth-order valence-electron chi connectivity index (χ4n) is 4.29. The Morgan fingerprint density at radius 3 is 2.56 bits per heavy atom. The maximum atomic E-state index is 13.4. The van der Waals surface area contributed by atoms with Crippen molar-refractivity contribution in [3.05, 3.63) is 107 Å². The van der Waals surface area contributed by atoms with Crippen molar-refractivity contribution in [3.8, 4) is 0 Å². The number of carbonyl (C=O) groups is 1. The maximum absolute atomic E-state index is 13.4. The molecule has 0 aliphatic rings. The van der Waals surface area contributed by atoms with Crippen molar-refractivity contribution in [1.29, 1.82) is 0 Å². The Morgan fingerprint density at radius 2 is 1.81 bits per heavy atom. The summed E-state index contributed by atoms with van der Waals surface area (Å²) >= 11 is 0. The number of aromatic nitrogens is 1. The molecule has 164 valence electrons. The summed E-state index contributed by atoms with van der Waals surface area (Å²) in [5.41, 5.74) is 5.60.